The highest BCUT2D eigenvalue weighted by atomic mass is 16.5. The Labute approximate surface area is 156 Å². The van der Waals surface area contributed by atoms with E-state index in [2.05, 4.69) is 17.5 Å². The number of nitriles is 1. The number of rotatable bonds is 4. The van der Waals surface area contributed by atoms with Gasteiger partial charge in [-0.25, -0.2) is 0 Å². The summed E-state index contributed by atoms with van der Waals surface area (Å²) in [5, 5.41) is 13.7. The highest BCUT2D eigenvalue weighted by Gasteiger charge is 2.38. The first-order valence-corrected chi connectivity index (χ1v) is 9.63. The maximum Gasteiger partial charge on any atom is 0.219 e. The molecule has 3 rings (SSSR count). The van der Waals surface area contributed by atoms with Crippen LogP contribution in [-0.4, -0.2) is 43.1 Å². The first-order chi connectivity index (χ1) is 12.6. The molecule has 0 atom stereocenters. The molecule has 1 amide bonds. The molecule has 0 aromatic heterocycles. The number of piperidine rings is 1. The molecule has 1 saturated carbocycles. The van der Waals surface area contributed by atoms with Gasteiger partial charge in [-0.1, -0.05) is 12.1 Å². The zero-order chi connectivity index (χ0) is 18.6. The standard InChI is InChI=1S/C21H29N3O2/c1-16(25)24-12-8-19(9-13-24)23-18-6-10-21(15-22,11-7-18)17-4-3-5-20(14-17)26-2/h3-5,14,18-19,23H,6-13H2,1-2H3. The Morgan fingerprint density at radius 3 is 2.46 bits per heavy atom. The largest absolute Gasteiger partial charge is 0.497 e. The number of nitrogens with one attached hydrogen (secondary N) is 1. The van der Waals surface area contributed by atoms with Crippen LogP contribution >= 0.6 is 0 Å². The smallest absolute Gasteiger partial charge is 0.219 e. The predicted octanol–water partition coefficient (Wildman–Crippen LogP) is 3.00. The second-order valence-corrected chi connectivity index (χ2v) is 7.65. The van der Waals surface area contributed by atoms with Crippen LogP contribution in [0.4, 0.5) is 0 Å². The van der Waals surface area contributed by atoms with E-state index in [1.54, 1.807) is 14.0 Å². The molecule has 5 nitrogen and oxygen atoms in total. The molecule has 0 radical (unpaired) electrons. The van der Waals surface area contributed by atoms with Crippen LogP contribution in [0.15, 0.2) is 24.3 Å². The van der Waals surface area contributed by atoms with Crippen LogP contribution in [0.5, 0.6) is 5.75 Å². The van der Waals surface area contributed by atoms with Crippen LogP contribution in [0.25, 0.3) is 0 Å². The fraction of sp³-hybridized carbons (Fsp3) is 0.619. The molecule has 1 aromatic rings. The molecule has 2 aliphatic rings. The number of benzene rings is 1. The summed E-state index contributed by atoms with van der Waals surface area (Å²) < 4.78 is 5.33. The zero-order valence-electron chi connectivity index (χ0n) is 15.8. The van der Waals surface area contributed by atoms with Crippen molar-refractivity contribution in [1.29, 1.82) is 5.26 Å². The van der Waals surface area contributed by atoms with Gasteiger partial charge in [0.2, 0.25) is 5.91 Å². The number of ether oxygens (including phenoxy) is 1. The van der Waals surface area contributed by atoms with Crippen molar-refractivity contribution in [3.05, 3.63) is 29.8 Å². The van der Waals surface area contributed by atoms with Gasteiger partial charge in [-0.15, -0.1) is 0 Å². The van der Waals surface area contributed by atoms with E-state index in [9.17, 15) is 10.1 Å². The first kappa shape index (κ1) is 18.7. The Bertz CT molecular complexity index is 666. The molecule has 5 heteroatoms. The summed E-state index contributed by atoms with van der Waals surface area (Å²) in [6, 6.07) is 11.5. The minimum Gasteiger partial charge on any atom is -0.497 e. The highest BCUT2D eigenvalue weighted by Crippen LogP contribution is 2.40. The summed E-state index contributed by atoms with van der Waals surface area (Å²) in [6.07, 6.45) is 5.82. The van der Waals surface area contributed by atoms with Crippen molar-refractivity contribution in [1.82, 2.24) is 10.2 Å². The van der Waals surface area contributed by atoms with Crippen LogP contribution in [0.3, 0.4) is 0 Å². The predicted molar refractivity (Wildman–Crippen MR) is 101 cm³/mol. The van der Waals surface area contributed by atoms with E-state index in [1.807, 2.05) is 23.1 Å². The van der Waals surface area contributed by atoms with Gasteiger partial charge in [0.15, 0.2) is 0 Å². The molecular weight excluding hydrogens is 326 g/mol. The summed E-state index contributed by atoms with van der Waals surface area (Å²) in [5.41, 5.74) is 0.678. The van der Waals surface area contributed by atoms with E-state index >= 15 is 0 Å². The number of amides is 1. The lowest BCUT2D eigenvalue weighted by Gasteiger charge is -2.39. The molecule has 0 spiro atoms. The van der Waals surface area contributed by atoms with Crippen molar-refractivity contribution in [2.45, 2.75) is 62.9 Å². The maximum atomic E-state index is 11.4. The normalized spacial score (nSPS) is 27.0. The monoisotopic (exact) mass is 355 g/mol. The minimum absolute atomic E-state index is 0.179. The van der Waals surface area contributed by atoms with Crippen LogP contribution in [0.1, 0.15) is 51.0 Å². The lowest BCUT2D eigenvalue weighted by molar-refractivity contribution is -0.129. The summed E-state index contributed by atoms with van der Waals surface area (Å²) in [6.45, 7) is 3.35. The van der Waals surface area contributed by atoms with E-state index < -0.39 is 5.41 Å². The molecule has 1 saturated heterocycles. The first-order valence-electron chi connectivity index (χ1n) is 9.63. The van der Waals surface area contributed by atoms with Crippen LogP contribution in [0, 0.1) is 11.3 Å². The average Bonchev–Trinajstić information content (AvgIpc) is 2.69. The summed E-state index contributed by atoms with van der Waals surface area (Å²) in [5.74, 6) is 0.993. The molecule has 0 unspecified atom stereocenters. The number of nitrogens with zero attached hydrogens (tertiary/aromatic N) is 2. The number of methoxy groups -OCH3 is 1. The molecule has 2 fully saturated rings. The lowest BCUT2D eigenvalue weighted by Crippen LogP contribution is -2.49. The fourth-order valence-corrected chi connectivity index (χ4v) is 4.36. The molecule has 1 heterocycles. The Kier molecular flexibility index (Phi) is 5.83. The van der Waals surface area contributed by atoms with Crippen molar-refractivity contribution in [2.24, 2.45) is 0 Å². The van der Waals surface area contributed by atoms with Gasteiger partial charge in [-0.2, -0.15) is 5.26 Å². The Morgan fingerprint density at radius 2 is 1.88 bits per heavy atom. The van der Waals surface area contributed by atoms with E-state index in [4.69, 9.17) is 4.74 Å². The van der Waals surface area contributed by atoms with E-state index in [0.717, 1.165) is 62.9 Å². The highest BCUT2D eigenvalue weighted by molar-refractivity contribution is 5.73. The molecular formula is C21H29N3O2. The quantitative estimate of drug-likeness (QED) is 0.902. The molecule has 1 aromatic carbocycles. The van der Waals surface area contributed by atoms with Crippen LogP contribution in [-0.2, 0) is 10.2 Å². The summed E-state index contributed by atoms with van der Waals surface area (Å²) in [7, 11) is 1.66. The number of hydrogen-bond donors (Lipinski definition) is 1. The van der Waals surface area contributed by atoms with Gasteiger partial charge in [0, 0.05) is 32.1 Å². The second-order valence-electron chi connectivity index (χ2n) is 7.65. The van der Waals surface area contributed by atoms with Crippen LogP contribution in [0.2, 0.25) is 0 Å². The lowest BCUT2D eigenvalue weighted by atomic mass is 9.69. The summed E-state index contributed by atoms with van der Waals surface area (Å²) in [4.78, 5) is 13.4. The van der Waals surface area contributed by atoms with Gasteiger partial charge < -0.3 is 15.0 Å². The maximum absolute atomic E-state index is 11.4. The average molecular weight is 355 g/mol. The van der Waals surface area contributed by atoms with E-state index in [0.29, 0.717) is 12.1 Å². The molecule has 1 aliphatic carbocycles. The Hall–Kier alpha value is -2.06. The number of hydrogen-bond acceptors (Lipinski definition) is 4. The Balaban J connectivity index is 1.56. The van der Waals surface area contributed by atoms with E-state index in [1.165, 1.54) is 0 Å². The Morgan fingerprint density at radius 1 is 1.23 bits per heavy atom. The van der Waals surface area contributed by atoms with Gasteiger partial charge >= 0.3 is 0 Å². The molecule has 1 N–H and O–H groups in total. The topological polar surface area (TPSA) is 65.4 Å². The van der Waals surface area contributed by atoms with Crippen molar-refractivity contribution < 1.29 is 9.53 Å². The number of carbonyl (C=O) groups is 1. The van der Waals surface area contributed by atoms with E-state index in [-0.39, 0.29) is 5.91 Å². The van der Waals surface area contributed by atoms with Crippen molar-refractivity contribution >= 4 is 5.91 Å². The fourth-order valence-electron chi connectivity index (χ4n) is 4.36. The van der Waals surface area contributed by atoms with Gasteiger partial charge in [-0.05, 0) is 56.2 Å². The van der Waals surface area contributed by atoms with Gasteiger partial charge in [-0.3, -0.25) is 4.79 Å². The minimum atomic E-state index is -0.398. The molecule has 0 bridgehead atoms. The second kappa shape index (κ2) is 8.09. The molecule has 1 aliphatic heterocycles. The van der Waals surface area contributed by atoms with Gasteiger partial charge in [0.1, 0.15) is 5.75 Å². The SMILES string of the molecule is COc1cccc(C2(C#N)CCC(NC3CCN(C(C)=O)CC3)CC2)c1. The van der Waals surface area contributed by atoms with Gasteiger partial charge in [0.25, 0.3) is 0 Å². The number of likely N-dealkylation sites (tertiary alicyclic amines) is 1. The molecule has 26 heavy (non-hydrogen) atoms. The van der Waals surface area contributed by atoms with Crippen molar-refractivity contribution in [3.63, 3.8) is 0 Å². The molecule has 140 valence electrons. The van der Waals surface area contributed by atoms with Crippen LogP contribution < -0.4 is 10.1 Å². The number of carbonyl (C=O) groups excluding carboxylic acids is 1. The third-order valence-corrected chi connectivity index (χ3v) is 6.09. The summed E-state index contributed by atoms with van der Waals surface area (Å²) >= 11 is 0. The van der Waals surface area contributed by atoms with Crippen molar-refractivity contribution in [2.75, 3.05) is 20.2 Å². The zero-order valence-corrected chi connectivity index (χ0v) is 15.8. The third-order valence-electron chi connectivity index (χ3n) is 6.09. The van der Waals surface area contributed by atoms with Crippen molar-refractivity contribution in [3.8, 4) is 11.8 Å². The van der Waals surface area contributed by atoms with Gasteiger partial charge in [0.05, 0.1) is 18.6 Å². The third kappa shape index (κ3) is 4.02.